The topological polar surface area (TPSA) is 52.6 Å². The quantitative estimate of drug-likeness (QED) is 0.522. The molecule has 2 rings (SSSR count). The number of hydrogen-bond donors (Lipinski definition) is 0. The fourth-order valence-corrected chi connectivity index (χ4v) is 2.56. The Morgan fingerprint density at radius 1 is 0.826 bits per heavy atom. The first-order valence-corrected chi connectivity index (χ1v) is 9.45. The maximum atomic E-state index is 10.9. The highest BCUT2D eigenvalue weighted by Gasteiger charge is 2.02. The summed E-state index contributed by atoms with van der Waals surface area (Å²) in [7, 11) is -3.37. The van der Waals surface area contributed by atoms with Crippen LogP contribution in [0.15, 0.2) is 54.6 Å². The first kappa shape index (κ1) is 17.5. The van der Waals surface area contributed by atoms with Crippen LogP contribution in [0.2, 0.25) is 0 Å². The summed E-state index contributed by atoms with van der Waals surface area (Å²) >= 11 is 0. The Balaban J connectivity index is 1.68. The highest BCUT2D eigenvalue weighted by Crippen LogP contribution is 2.13. The highest BCUT2D eigenvalue weighted by molar-refractivity contribution is 7.85. The lowest BCUT2D eigenvalue weighted by Gasteiger charge is -2.07. The van der Waals surface area contributed by atoms with Crippen molar-refractivity contribution in [3.8, 4) is 5.75 Å². The molecule has 2 aromatic rings. The molecule has 0 atom stereocenters. The predicted molar refractivity (Wildman–Crippen MR) is 91.2 cm³/mol. The Labute approximate surface area is 138 Å². The van der Waals surface area contributed by atoms with E-state index >= 15 is 0 Å². The van der Waals surface area contributed by atoms with Crippen LogP contribution in [0, 0.1) is 0 Å². The molecule has 23 heavy (non-hydrogen) atoms. The van der Waals surface area contributed by atoms with E-state index in [9.17, 15) is 8.42 Å². The number of aryl methyl sites for hydroxylation is 1. The van der Waals surface area contributed by atoms with Gasteiger partial charge in [0.25, 0.3) is 10.1 Å². The molecule has 0 spiro atoms. The van der Waals surface area contributed by atoms with Crippen molar-refractivity contribution in [2.75, 3.05) is 19.5 Å². The Morgan fingerprint density at radius 2 is 1.48 bits per heavy atom. The number of ether oxygens (including phenoxy) is 1. The van der Waals surface area contributed by atoms with E-state index in [2.05, 4.69) is 12.1 Å². The second kappa shape index (κ2) is 8.70. The molecule has 0 saturated carbocycles. The third kappa shape index (κ3) is 7.30. The molecular formula is C18H22O4S. The fourth-order valence-electron chi connectivity index (χ4n) is 2.17. The normalized spacial score (nSPS) is 11.3. The average molecular weight is 334 g/mol. The van der Waals surface area contributed by atoms with Gasteiger partial charge >= 0.3 is 0 Å². The van der Waals surface area contributed by atoms with Crippen molar-refractivity contribution in [3.05, 3.63) is 65.7 Å². The summed E-state index contributed by atoms with van der Waals surface area (Å²) < 4.78 is 32.2. The molecule has 0 amide bonds. The van der Waals surface area contributed by atoms with Crippen molar-refractivity contribution in [2.24, 2.45) is 0 Å². The Kier molecular flexibility index (Phi) is 6.62. The van der Waals surface area contributed by atoms with Gasteiger partial charge in [-0.2, -0.15) is 8.42 Å². The zero-order valence-corrected chi connectivity index (χ0v) is 14.1. The summed E-state index contributed by atoms with van der Waals surface area (Å²) in [5.41, 5.74) is 2.34. The molecule has 5 heteroatoms. The molecule has 0 N–H and O–H groups in total. The van der Waals surface area contributed by atoms with Crippen LogP contribution >= 0.6 is 0 Å². The number of hydrogen-bond acceptors (Lipinski definition) is 4. The van der Waals surface area contributed by atoms with Gasteiger partial charge in [-0.1, -0.05) is 42.5 Å². The van der Waals surface area contributed by atoms with Gasteiger partial charge in [0, 0.05) is 0 Å². The Morgan fingerprint density at radius 3 is 2.13 bits per heavy atom. The molecule has 2 aromatic carbocycles. The van der Waals surface area contributed by atoms with Crippen molar-refractivity contribution >= 4 is 10.1 Å². The van der Waals surface area contributed by atoms with Crippen molar-refractivity contribution < 1.29 is 17.3 Å². The van der Waals surface area contributed by atoms with Gasteiger partial charge in [-0.25, -0.2) is 0 Å². The summed E-state index contributed by atoms with van der Waals surface area (Å²) in [4.78, 5) is 0. The third-order valence-electron chi connectivity index (χ3n) is 3.33. The largest absolute Gasteiger partial charge is 0.494 e. The summed E-state index contributed by atoms with van der Waals surface area (Å²) in [5, 5.41) is 0. The minimum atomic E-state index is -3.37. The van der Waals surface area contributed by atoms with Crippen molar-refractivity contribution in [1.82, 2.24) is 0 Å². The van der Waals surface area contributed by atoms with Gasteiger partial charge in [-0.15, -0.1) is 0 Å². The van der Waals surface area contributed by atoms with Crippen molar-refractivity contribution in [3.63, 3.8) is 0 Å². The molecule has 124 valence electrons. The van der Waals surface area contributed by atoms with Gasteiger partial charge in [0.1, 0.15) is 5.75 Å². The van der Waals surface area contributed by atoms with E-state index in [4.69, 9.17) is 8.92 Å². The zero-order chi connectivity index (χ0) is 16.5. The standard InChI is InChI=1S/C18H22O4S/c1-23(19,20)22-15-13-17-9-11-18(12-10-17)21-14-5-8-16-6-3-2-4-7-16/h2-4,6-7,9-12H,5,8,13-15H2,1H3. The first-order valence-electron chi connectivity index (χ1n) is 7.63. The second-order valence-electron chi connectivity index (χ2n) is 5.36. The molecule has 0 unspecified atom stereocenters. The average Bonchev–Trinajstić information content (AvgIpc) is 2.53. The Hall–Kier alpha value is -1.85. The van der Waals surface area contributed by atoms with E-state index in [-0.39, 0.29) is 6.61 Å². The van der Waals surface area contributed by atoms with Crippen LogP contribution in [-0.4, -0.2) is 27.9 Å². The van der Waals surface area contributed by atoms with Gasteiger partial charge in [0.2, 0.25) is 0 Å². The summed E-state index contributed by atoms with van der Waals surface area (Å²) in [5.74, 6) is 0.825. The minimum Gasteiger partial charge on any atom is -0.494 e. The van der Waals surface area contributed by atoms with Crippen LogP contribution in [-0.2, 0) is 27.1 Å². The van der Waals surface area contributed by atoms with E-state index in [1.54, 1.807) is 0 Å². The molecule has 0 aliphatic rings. The van der Waals surface area contributed by atoms with E-state index in [0.717, 1.165) is 30.4 Å². The maximum absolute atomic E-state index is 10.9. The van der Waals surface area contributed by atoms with Crippen LogP contribution in [0.4, 0.5) is 0 Å². The lowest BCUT2D eigenvalue weighted by molar-refractivity contribution is 0.310. The van der Waals surface area contributed by atoms with Gasteiger partial charge in [0.05, 0.1) is 19.5 Å². The molecule has 0 fully saturated rings. The van der Waals surface area contributed by atoms with E-state index < -0.39 is 10.1 Å². The van der Waals surface area contributed by atoms with Gasteiger partial charge < -0.3 is 4.74 Å². The SMILES string of the molecule is CS(=O)(=O)OCCc1ccc(OCCCc2ccccc2)cc1. The third-order valence-corrected chi connectivity index (χ3v) is 3.93. The second-order valence-corrected chi connectivity index (χ2v) is 7.00. The van der Waals surface area contributed by atoms with Crippen molar-refractivity contribution in [2.45, 2.75) is 19.3 Å². The van der Waals surface area contributed by atoms with Crippen LogP contribution in [0.3, 0.4) is 0 Å². The molecule has 0 bridgehead atoms. The Bertz CT molecular complexity index is 679. The van der Waals surface area contributed by atoms with E-state index in [0.29, 0.717) is 13.0 Å². The molecule has 0 heterocycles. The van der Waals surface area contributed by atoms with Gasteiger partial charge in [-0.05, 0) is 42.5 Å². The van der Waals surface area contributed by atoms with Gasteiger partial charge in [-0.3, -0.25) is 4.18 Å². The molecule has 0 aliphatic carbocycles. The van der Waals surface area contributed by atoms with Crippen LogP contribution in [0.25, 0.3) is 0 Å². The van der Waals surface area contributed by atoms with Crippen LogP contribution < -0.4 is 4.74 Å². The summed E-state index contributed by atoms with van der Waals surface area (Å²) in [6, 6.07) is 18.0. The van der Waals surface area contributed by atoms with Gasteiger partial charge in [0.15, 0.2) is 0 Å². The molecule has 4 nitrogen and oxygen atoms in total. The molecule has 0 aromatic heterocycles. The minimum absolute atomic E-state index is 0.163. The predicted octanol–water partition coefficient (Wildman–Crippen LogP) is 3.22. The highest BCUT2D eigenvalue weighted by atomic mass is 32.2. The molecule has 0 aliphatic heterocycles. The number of rotatable bonds is 9. The lowest BCUT2D eigenvalue weighted by Crippen LogP contribution is -2.06. The monoisotopic (exact) mass is 334 g/mol. The van der Waals surface area contributed by atoms with E-state index in [1.807, 2.05) is 42.5 Å². The zero-order valence-electron chi connectivity index (χ0n) is 13.3. The van der Waals surface area contributed by atoms with Crippen LogP contribution in [0.1, 0.15) is 17.5 Å². The van der Waals surface area contributed by atoms with E-state index in [1.165, 1.54) is 5.56 Å². The van der Waals surface area contributed by atoms with Crippen molar-refractivity contribution in [1.29, 1.82) is 0 Å². The molecule has 0 saturated heterocycles. The van der Waals surface area contributed by atoms with Crippen LogP contribution in [0.5, 0.6) is 5.75 Å². The maximum Gasteiger partial charge on any atom is 0.264 e. The fraction of sp³-hybridized carbons (Fsp3) is 0.333. The summed E-state index contributed by atoms with van der Waals surface area (Å²) in [6.07, 6.45) is 3.58. The number of benzene rings is 2. The molecule has 0 radical (unpaired) electrons. The summed E-state index contributed by atoms with van der Waals surface area (Å²) in [6.45, 7) is 0.835. The molecular weight excluding hydrogens is 312 g/mol. The smallest absolute Gasteiger partial charge is 0.264 e. The lowest BCUT2D eigenvalue weighted by atomic mass is 10.1. The first-order chi connectivity index (χ1) is 11.0.